The lowest BCUT2D eigenvalue weighted by atomic mass is 10.1. The van der Waals surface area contributed by atoms with Gasteiger partial charge in [-0.3, -0.25) is 14.4 Å². The zero-order chi connectivity index (χ0) is 22.3. The largest absolute Gasteiger partial charge is 0.573 e. The first-order valence-electron chi connectivity index (χ1n) is 8.78. The van der Waals surface area contributed by atoms with Crippen LogP contribution in [0.25, 0.3) is 0 Å². The van der Waals surface area contributed by atoms with Gasteiger partial charge in [0.2, 0.25) is 11.8 Å². The minimum absolute atomic E-state index is 0.239. The van der Waals surface area contributed by atoms with Crippen LogP contribution in [0.1, 0.15) is 15.9 Å². The van der Waals surface area contributed by atoms with Crippen LogP contribution in [0.2, 0.25) is 0 Å². The van der Waals surface area contributed by atoms with Crippen LogP contribution in [0.15, 0.2) is 48.5 Å². The Morgan fingerprint density at radius 1 is 1.00 bits per heavy atom. The van der Waals surface area contributed by atoms with Gasteiger partial charge in [-0.2, -0.15) is 0 Å². The molecule has 0 saturated heterocycles. The number of ether oxygens (including phenoxy) is 1. The van der Waals surface area contributed by atoms with Gasteiger partial charge < -0.3 is 20.3 Å². The first kappa shape index (κ1) is 22.7. The molecule has 2 aromatic rings. The smallest absolute Gasteiger partial charge is 0.406 e. The van der Waals surface area contributed by atoms with E-state index < -0.39 is 29.8 Å². The number of alkyl halides is 3. The van der Waals surface area contributed by atoms with E-state index in [2.05, 4.69) is 15.4 Å². The van der Waals surface area contributed by atoms with E-state index in [-0.39, 0.29) is 18.8 Å². The monoisotopic (exact) mass is 423 g/mol. The molecule has 10 heteroatoms. The first-order chi connectivity index (χ1) is 14.0. The van der Waals surface area contributed by atoms with Gasteiger partial charge in [-0.15, -0.1) is 13.2 Å². The number of hydrogen-bond donors (Lipinski definition) is 2. The standard InChI is InChI=1S/C20H20F3N3O4/c1-13-3-5-14(6-4-13)19(29)24-11-18(28)26(2)12-17(27)25-15-7-9-16(10-8-15)30-20(21,22)23/h3-10H,11-12H2,1-2H3,(H,24,29)(H,25,27). The molecule has 0 radical (unpaired) electrons. The number of amides is 3. The quantitative estimate of drug-likeness (QED) is 0.717. The van der Waals surface area contributed by atoms with Crippen LogP contribution >= 0.6 is 0 Å². The number of carbonyl (C=O) groups is 3. The highest BCUT2D eigenvalue weighted by Crippen LogP contribution is 2.23. The Kier molecular flexibility index (Phi) is 7.40. The lowest BCUT2D eigenvalue weighted by molar-refractivity contribution is -0.274. The fourth-order valence-electron chi connectivity index (χ4n) is 2.34. The van der Waals surface area contributed by atoms with Gasteiger partial charge in [0.25, 0.3) is 5.91 Å². The highest BCUT2D eigenvalue weighted by Gasteiger charge is 2.31. The van der Waals surface area contributed by atoms with Crippen molar-refractivity contribution in [1.29, 1.82) is 0 Å². The molecule has 3 amide bonds. The lowest BCUT2D eigenvalue weighted by Crippen LogP contribution is -2.41. The van der Waals surface area contributed by atoms with Crippen LogP contribution in [0.3, 0.4) is 0 Å². The van der Waals surface area contributed by atoms with Crippen molar-refractivity contribution in [2.75, 3.05) is 25.5 Å². The third-order valence-corrected chi connectivity index (χ3v) is 3.89. The van der Waals surface area contributed by atoms with Gasteiger partial charge in [0, 0.05) is 18.3 Å². The third kappa shape index (κ3) is 7.46. The second-order valence-corrected chi connectivity index (χ2v) is 6.42. The number of rotatable bonds is 7. The van der Waals surface area contributed by atoms with Crippen molar-refractivity contribution in [2.45, 2.75) is 13.3 Å². The molecular formula is C20H20F3N3O4. The van der Waals surface area contributed by atoms with Crippen LogP contribution in [0.4, 0.5) is 18.9 Å². The molecule has 0 heterocycles. The Morgan fingerprint density at radius 2 is 1.60 bits per heavy atom. The summed E-state index contributed by atoms with van der Waals surface area (Å²) in [5, 5.41) is 4.94. The lowest BCUT2D eigenvalue weighted by Gasteiger charge is -2.17. The second-order valence-electron chi connectivity index (χ2n) is 6.42. The van der Waals surface area contributed by atoms with Crippen molar-refractivity contribution in [3.63, 3.8) is 0 Å². The molecule has 0 unspecified atom stereocenters. The van der Waals surface area contributed by atoms with Crippen molar-refractivity contribution in [3.8, 4) is 5.75 Å². The summed E-state index contributed by atoms with van der Waals surface area (Å²) in [6, 6.07) is 11.4. The van der Waals surface area contributed by atoms with Crippen molar-refractivity contribution >= 4 is 23.4 Å². The number of halogens is 3. The summed E-state index contributed by atoms with van der Waals surface area (Å²) in [6.07, 6.45) is -4.80. The van der Waals surface area contributed by atoms with Gasteiger partial charge in [-0.25, -0.2) is 0 Å². The van der Waals surface area contributed by atoms with E-state index in [0.717, 1.165) is 22.6 Å². The predicted octanol–water partition coefficient (Wildman–Crippen LogP) is 2.72. The van der Waals surface area contributed by atoms with Crippen molar-refractivity contribution in [3.05, 3.63) is 59.7 Å². The molecule has 30 heavy (non-hydrogen) atoms. The molecule has 0 spiro atoms. The van der Waals surface area contributed by atoms with E-state index in [4.69, 9.17) is 0 Å². The van der Waals surface area contributed by atoms with E-state index in [9.17, 15) is 27.6 Å². The highest BCUT2D eigenvalue weighted by atomic mass is 19.4. The number of hydrogen-bond acceptors (Lipinski definition) is 4. The molecule has 2 aromatic carbocycles. The summed E-state index contributed by atoms with van der Waals surface area (Å²) in [5.74, 6) is -1.88. The molecule has 7 nitrogen and oxygen atoms in total. The maximum atomic E-state index is 12.1. The Bertz CT molecular complexity index is 897. The van der Waals surface area contributed by atoms with Crippen LogP contribution in [-0.2, 0) is 9.59 Å². The molecule has 0 fully saturated rings. The predicted molar refractivity (Wildman–Crippen MR) is 103 cm³/mol. The molecule has 160 valence electrons. The van der Waals surface area contributed by atoms with Crippen LogP contribution < -0.4 is 15.4 Å². The minimum atomic E-state index is -4.80. The third-order valence-electron chi connectivity index (χ3n) is 3.89. The maximum Gasteiger partial charge on any atom is 0.573 e. The van der Waals surface area contributed by atoms with Crippen LogP contribution in [0.5, 0.6) is 5.75 Å². The van der Waals surface area contributed by atoms with E-state index in [1.54, 1.807) is 24.3 Å². The molecular weight excluding hydrogens is 403 g/mol. The van der Waals surface area contributed by atoms with Gasteiger partial charge in [0.15, 0.2) is 0 Å². The maximum absolute atomic E-state index is 12.1. The van der Waals surface area contributed by atoms with E-state index in [1.165, 1.54) is 19.2 Å². The van der Waals surface area contributed by atoms with Gasteiger partial charge >= 0.3 is 6.36 Å². The highest BCUT2D eigenvalue weighted by molar-refractivity contribution is 5.98. The number of likely N-dealkylation sites (N-methyl/N-ethyl adjacent to an activating group) is 1. The molecule has 0 saturated carbocycles. The van der Waals surface area contributed by atoms with Crippen molar-refractivity contribution < 1.29 is 32.3 Å². The summed E-state index contributed by atoms with van der Waals surface area (Å²) in [5.41, 5.74) is 1.64. The molecule has 0 aromatic heterocycles. The summed E-state index contributed by atoms with van der Waals surface area (Å²) in [6.45, 7) is 1.29. The fourth-order valence-corrected chi connectivity index (χ4v) is 2.34. The second kappa shape index (κ2) is 9.77. The number of anilines is 1. The number of benzene rings is 2. The van der Waals surface area contributed by atoms with E-state index in [1.807, 2.05) is 6.92 Å². The number of aryl methyl sites for hydroxylation is 1. The number of carbonyl (C=O) groups excluding carboxylic acids is 3. The van der Waals surface area contributed by atoms with E-state index >= 15 is 0 Å². The van der Waals surface area contributed by atoms with Crippen molar-refractivity contribution in [1.82, 2.24) is 10.2 Å². The number of nitrogens with one attached hydrogen (secondary N) is 2. The molecule has 0 aliphatic carbocycles. The molecule has 0 bridgehead atoms. The normalized spacial score (nSPS) is 10.8. The Hall–Kier alpha value is -3.56. The average Bonchev–Trinajstić information content (AvgIpc) is 2.66. The summed E-state index contributed by atoms with van der Waals surface area (Å²) < 4.78 is 40.2. The fraction of sp³-hybridized carbons (Fsp3) is 0.250. The zero-order valence-corrected chi connectivity index (χ0v) is 16.2. The Labute approximate surface area is 170 Å². The number of nitrogens with zero attached hydrogens (tertiary/aromatic N) is 1. The summed E-state index contributed by atoms with van der Waals surface area (Å²) >= 11 is 0. The molecule has 0 aliphatic rings. The van der Waals surface area contributed by atoms with E-state index in [0.29, 0.717) is 5.56 Å². The SMILES string of the molecule is Cc1ccc(C(=O)NCC(=O)N(C)CC(=O)Nc2ccc(OC(F)(F)F)cc2)cc1. The summed E-state index contributed by atoms with van der Waals surface area (Å²) in [7, 11) is 1.39. The molecule has 2 N–H and O–H groups in total. The molecule has 0 aliphatic heterocycles. The Balaban J connectivity index is 1.79. The molecule has 2 rings (SSSR count). The van der Waals surface area contributed by atoms with Crippen LogP contribution in [-0.4, -0.2) is 49.1 Å². The van der Waals surface area contributed by atoms with Gasteiger partial charge in [-0.05, 0) is 43.3 Å². The van der Waals surface area contributed by atoms with Gasteiger partial charge in [0.05, 0.1) is 13.1 Å². The van der Waals surface area contributed by atoms with Gasteiger partial charge in [-0.1, -0.05) is 17.7 Å². The minimum Gasteiger partial charge on any atom is -0.406 e. The summed E-state index contributed by atoms with van der Waals surface area (Å²) in [4.78, 5) is 37.3. The van der Waals surface area contributed by atoms with Crippen molar-refractivity contribution in [2.24, 2.45) is 0 Å². The average molecular weight is 423 g/mol. The van der Waals surface area contributed by atoms with Gasteiger partial charge in [0.1, 0.15) is 5.75 Å². The zero-order valence-electron chi connectivity index (χ0n) is 16.2. The molecule has 0 atom stereocenters. The topological polar surface area (TPSA) is 87.7 Å². The Morgan fingerprint density at radius 3 is 2.17 bits per heavy atom. The first-order valence-corrected chi connectivity index (χ1v) is 8.78. The van der Waals surface area contributed by atoms with Crippen LogP contribution in [0, 0.1) is 6.92 Å².